The van der Waals surface area contributed by atoms with E-state index < -0.39 is 34.5 Å². The number of carbonyl (C=O) groups excluding carboxylic acids is 3. The number of non-ortho nitro benzene ring substituents is 1. The fourth-order valence-corrected chi connectivity index (χ4v) is 4.91. The molecule has 1 aliphatic rings. The van der Waals surface area contributed by atoms with E-state index in [1.165, 1.54) is 47.4 Å². The minimum Gasteiger partial charge on any atom is -0.436 e. The zero-order valence-electron chi connectivity index (χ0n) is 21.8. The minimum absolute atomic E-state index is 0.0206. The number of fused-ring (bicyclic) bond motifs is 1. The second kappa shape index (κ2) is 10.7. The van der Waals surface area contributed by atoms with E-state index in [2.05, 4.69) is 4.98 Å². The number of halogens is 1. The highest BCUT2D eigenvalue weighted by molar-refractivity contribution is 6.23. The number of hydrogen-bond donors (Lipinski definition) is 0. The Morgan fingerprint density at radius 2 is 1.74 bits per heavy atom. The number of benzene rings is 4. The fraction of sp³-hybridized carbons (Fsp3) is 0.0968. The van der Waals surface area contributed by atoms with E-state index in [9.17, 15) is 28.9 Å². The molecule has 1 unspecified atom stereocenters. The first-order valence-corrected chi connectivity index (χ1v) is 12.9. The molecular formula is C31H21FN4O6. The summed E-state index contributed by atoms with van der Waals surface area (Å²) in [6.45, 7) is -0.129. The van der Waals surface area contributed by atoms with Crippen molar-refractivity contribution in [1.29, 1.82) is 0 Å². The monoisotopic (exact) mass is 564 g/mol. The van der Waals surface area contributed by atoms with Crippen molar-refractivity contribution in [2.45, 2.75) is 19.0 Å². The van der Waals surface area contributed by atoms with Gasteiger partial charge < -0.3 is 9.32 Å². The van der Waals surface area contributed by atoms with E-state index in [1.807, 2.05) is 18.2 Å². The highest BCUT2D eigenvalue weighted by Gasteiger charge is 2.44. The van der Waals surface area contributed by atoms with Crippen molar-refractivity contribution in [2.75, 3.05) is 4.90 Å². The van der Waals surface area contributed by atoms with E-state index in [1.54, 1.807) is 30.3 Å². The number of anilines is 1. The summed E-state index contributed by atoms with van der Waals surface area (Å²) < 4.78 is 19.3. The third kappa shape index (κ3) is 4.99. The summed E-state index contributed by atoms with van der Waals surface area (Å²) >= 11 is 0. The smallest absolute Gasteiger partial charge is 0.270 e. The van der Waals surface area contributed by atoms with Crippen molar-refractivity contribution in [3.8, 4) is 11.5 Å². The number of oxazole rings is 1. The first-order chi connectivity index (χ1) is 20.3. The summed E-state index contributed by atoms with van der Waals surface area (Å²) in [5, 5.41) is 11.3. The SMILES string of the molecule is O=C1CC(N(Cc2ccc(F)cc2)C(=O)c2cccc([N+](=O)[O-])c2)C(=O)N1c1ccc(-c2nc3ccccc3o2)cc1. The molecular weight excluding hydrogens is 543 g/mol. The van der Waals surface area contributed by atoms with Gasteiger partial charge in [-0.15, -0.1) is 0 Å². The zero-order chi connectivity index (χ0) is 29.4. The number of rotatable bonds is 7. The Labute approximate surface area is 237 Å². The number of carbonyl (C=O) groups is 3. The number of amides is 3. The summed E-state index contributed by atoms with van der Waals surface area (Å²) in [6, 6.07) is 23.2. The molecule has 0 spiro atoms. The first-order valence-electron chi connectivity index (χ1n) is 12.9. The van der Waals surface area contributed by atoms with Gasteiger partial charge in [-0.1, -0.05) is 30.3 Å². The number of nitrogens with zero attached hydrogens (tertiary/aromatic N) is 4. The molecule has 11 heteroatoms. The maximum absolute atomic E-state index is 13.7. The van der Waals surface area contributed by atoms with E-state index >= 15 is 0 Å². The maximum Gasteiger partial charge on any atom is 0.270 e. The molecule has 42 heavy (non-hydrogen) atoms. The number of imide groups is 1. The van der Waals surface area contributed by atoms with Gasteiger partial charge in [-0.3, -0.25) is 24.5 Å². The Morgan fingerprint density at radius 1 is 1.00 bits per heavy atom. The predicted molar refractivity (Wildman–Crippen MR) is 150 cm³/mol. The Morgan fingerprint density at radius 3 is 2.45 bits per heavy atom. The minimum atomic E-state index is -1.19. The molecule has 4 aromatic carbocycles. The molecule has 5 aromatic rings. The van der Waals surface area contributed by atoms with Gasteiger partial charge in [0.1, 0.15) is 17.4 Å². The van der Waals surface area contributed by atoms with Gasteiger partial charge in [0.15, 0.2) is 5.58 Å². The Hall–Kier alpha value is -5.71. The van der Waals surface area contributed by atoms with Gasteiger partial charge in [-0.2, -0.15) is 0 Å². The van der Waals surface area contributed by atoms with E-state index in [-0.39, 0.29) is 24.2 Å². The predicted octanol–water partition coefficient (Wildman–Crippen LogP) is 5.52. The van der Waals surface area contributed by atoms with Gasteiger partial charge in [0.2, 0.25) is 11.8 Å². The van der Waals surface area contributed by atoms with Crippen molar-refractivity contribution in [3.63, 3.8) is 0 Å². The number of nitro benzene ring substituents is 1. The van der Waals surface area contributed by atoms with Gasteiger partial charge in [0.05, 0.1) is 17.0 Å². The van der Waals surface area contributed by atoms with Crippen LogP contribution in [0.2, 0.25) is 0 Å². The van der Waals surface area contributed by atoms with Crippen LogP contribution < -0.4 is 4.90 Å². The lowest BCUT2D eigenvalue weighted by Crippen LogP contribution is -2.45. The number of nitro groups is 1. The van der Waals surface area contributed by atoms with Crippen LogP contribution in [-0.4, -0.2) is 38.6 Å². The van der Waals surface area contributed by atoms with E-state index in [0.717, 1.165) is 11.0 Å². The molecule has 2 heterocycles. The van der Waals surface area contributed by atoms with Crippen LogP contribution in [-0.2, 0) is 16.1 Å². The summed E-state index contributed by atoms with van der Waals surface area (Å²) in [4.78, 5) is 57.9. The van der Waals surface area contributed by atoms with Crippen molar-refractivity contribution in [2.24, 2.45) is 0 Å². The highest BCUT2D eigenvalue weighted by atomic mass is 19.1. The molecule has 3 amide bonds. The molecule has 0 saturated carbocycles. The molecule has 1 aliphatic heterocycles. The third-order valence-electron chi connectivity index (χ3n) is 7.00. The van der Waals surface area contributed by atoms with Crippen LogP contribution in [0.3, 0.4) is 0 Å². The fourth-order valence-electron chi connectivity index (χ4n) is 4.91. The van der Waals surface area contributed by atoms with Crippen molar-refractivity contribution >= 4 is 40.2 Å². The van der Waals surface area contributed by atoms with Gasteiger partial charge in [0.25, 0.3) is 17.5 Å². The molecule has 1 atom stereocenters. The molecule has 208 valence electrons. The Kier molecular flexibility index (Phi) is 6.75. The molecule has 0 N–H and O–H groups in total. The topological polar surface area (TPSA) is 127 Å². The van der Waals surface area contributed by atoms with Crippen LogP contribution in [0.25, 0.3) is 22.6 Å². The molecule has 0 radical (unpaired) electrons. The molecule has 0 aliphatic carbocycles. The molecule has 0 bridgehead atoms. The van der Waals surface area contributed by atoms with Gasteiger partial charge in [-0.05, 0) is 60.2 Å². The van der Waals surface area contributed by atoms with E-state index in [4.69, 9.17) is 4.42 Å². The highest BCUT2D eigenvalue weighted by Crippen LogP contribution is 2.31. The molecule has 6 rings (SSSR count). The normalized spacial score (nSPS) is 14.9. The number of para-hydroxylation sites is 2. The van der Waals surface area contributed by atoms with Crippen LogP contribution >= 0.6 is 0 Å². The van der Waals surface area contributed by atoms with Crippen molar-refractivity contribution < 1.29 is 28.1 Å². The first kappa shape index (κ1) is 26.5. The largest absolute Gasteiger partial charge is 0.436 e. The lowest BCUT2D eigenvalue weighted by molar-refractivity contribution is -0.384. The molecule has 10 nitrogen and oxygen atoms in total. The Balaban J connectivity index is 1.30. The zero-order valence-corrected chi connectivity index (χ0v) is 21.8. The molecule has 1 fully saturated rings. The van der Waals surface area contributed by atoms with E-state index in [0.29, 0.717) is 33.8 Å². The van der Waals surface area contributed by atoms with Gasteiger partial charge in [-0.25, -0.2) is 14.3 Å². The standard InChI is InChI=1S/C31H21FN4O6/c32-22-12-8-19(9-13-22)18-34(30(38)21-4-3-5-24(16-21)36(40)41)26-17-28(37)35(31(26)39)23-14-10-20(11-15-23)29-33-25-6-1-2-7-27(25)42-29/h1-16,26H,17-18H2. The average Bonchev–Trinajstić information content (AvgIpc) is 3.57. The lowest BCUT2D eigenvalue weighted by Gasteiger charge is -2.28. The van der Waals surface area contributed by atoms with Crippen LogP contribution in [0.15, 0.2) is 101 Å². The lowest BCUT2D eigenvalue weighted by atomic mass is 10.1. The quantitative estimate of drug-likeness (QED) is 0.145. The van der Waals surface area contributed by atoms with Gasteiger partial charge >= 0.3 is 0 Å². The maximum atomic E-state index is 13.7. The summed E-state index contributed by atoms with van der Waals surface area (Å²) in [5.41, 5.74) is 2.46. The van der Waals surface area contributed by atoms with Gasteiger partial charge in [0, 0.05) is 29.8 Å². The average molecular weight is 565 g/mol. The number of hydrogen-bond acceptors (Lipinski definition) is 7. The van der Waals surface area contributed by atoms with Crippen LogP contribution in [0.1, 0.15) is 22.3 Å². The molecule has 1 aromatic heterocycles. The Bertz CT molecular complexity index is 1820. The second-order valence-electron chi connectivity index (χ2n) is 9.69. The summed E-state index contributed by atoms with van der Waals surface area (Å²) in [5.74, 6) is -1.92. The third-order valence-corrected chi connectivity index (χ3v) is 7.00. The summed E-state index contributed by atoms with van der Waals surface area (Å²) in [7, 11) is 0. The van der Waals surface area contributed by atoms with Crippen molar-refractivity contribution in [3.05, 3.63) is 124 Å². The van der Waals surface area contributed by atoms with Crippen LogP contribution in [0.5, 0.6) is 0 Å². The number of aromatic nitrogens is 1. The van der Waals surface area contributed by atoms with Crippen LogP contribution in [0.4, 0.5) is 15.8 Å². The van der Waals surface area contributed by atoms with Crippen molar-refractivity contribution in [1.82, 2.24) is 9.88 Å². The second-order valence-corrected chi connectivity index (χ2v) is 9.69. The summed E-state index contributed by atoms with van der Waals surface area (Å²) in [6.07, 6.45) is -0.298. The molecule has 1 saturated heterocycles. The van der Waals surface area contributed by atoms with Crippen LogP contribution in [0, 0.1) is 15.9 Å².